The van der Waals surface area contributed by atoms with Gasteiger partial charge in [-0.1, -0.05) is 6.92 Å². The number of likely N-dealkylation sites (N-methyl/N-ethyl adjacent to an activating group) is 1. The summed E-state index contributed by atoms with van der Waals surface area (Å²) in [6.07, 6.45) is 2.59. The second-order valence-corrected chi connectivity index (χ2v) is 5.14. The van der Waals surface area contributed by atoms with Crippen molar-refractivity contribution in [3.05, 3.63) is 0 Å². The molecule has 0 heterocycles. The first-order valence-electron chi connectivity index (χ1n) is 6.18. The molecule has 0 aromatic heterocycles. The summed E-state index contributed by atoms with van der Waals surface area (Å²) in [5.41, 5.74) is 5.69. The van der Waals surface area contributed by atoms with E-state index in [9.17, 15) is 4.79 Å². The largest absolute Gasteiger partial charge is 0.354 e. The number of hydrogen-bond acceptors (Lipinski definition) is 3. The van der Waals surface area contributed by atoms with Crippen molar-refractivity contribution in [3.63, 3.8) is 0 Å². The van der Waals surface area contributed by atoms with Crippen molar-refractivity contribution in [3.8, 4) is 0 Å². The first-order chi connectivity index (χ1) is 7.43. The average Bonchev–Trinajstić information content (AvgIpc) is 3.06. The molecule has 1 aliphatic rings. The van der Waals surface area contributed by atoms with Gasteiger partial charge in [-0.2, -0.15) is 0 Å². The number of nitrogens with one attached hydrogen (secondary N) is 1. The molecule has 0 spiro atoms. The third-order valence-corrected chi connectivity index (χ3v) is 3.59. The minimum Gasteiger partial charge on any atom is -0.354 e. The van der Waals surface area contributed by atoms with Crippen LogP contribution in [0.1, 0.15) is 33.6 Å². The number of carbonyl (C=O) groups excluding carboxylic acids is 1. The Morgan fingerprint density at radius 3 is 2.44 bits per heavy atom. The van der Waals surface area contributed by atoms with Gasteiger partial charge in [-0.3, -0.25) is 9.69 Å². The van der Waals surface area contributed by atoms with Crippen molar-refractivity contribution in [2.75, 3.05) is 13.6 Å². The van der Waals surface area contributed by atoms with Gasteiger partial charge in [0.15, 0.2) is 0 Å². The molecular formula is C12H25N3O. The van der Waals surface area contributed by atoms with E-state index in [1.807, 2.05) is 13.8 Å². The van der Waals surface area contributed by atoms with Gasteiger partial charge in [-0.25, -0.2) is 0 Å². The van der Waals surface area contributed by atoms with Gasteiger partial charge in [0.25, 0.3) is 0 Å². The third kappa shape index (κ3) is 3.76. The lowest BCUT2D eigenvalue weighted by molar-refractivity contribution is -0.125. The normalized spacial score (nSPS) is 21.6. The summed E-state index contributed by atoms with van der Waals surface area (Å²) in [5, 5.41) is 2.97. The van der Waals surface area contributed by atoms with Crippen LogP contribution in [0.2, 0.25) is 0 Å². The van der Waals surface area contributed by atoms with Crippen molar-refractivity contribution in [1.29, 1.82) is 0 Å². The van der Waals surface area contributed by atoms with Crippen LogP contribution < -0.4 is 11.1 Å². The zero-order valence-corrected chi connectivity index (χ0v) is 10.9. The summed E-state index contributed by atoms with van der Waals surface area (Å²) in [6, 6.07) is 1.05. The fourth-order valence-electron chi connectivity index (χ4n) is 1.63. The molecule has 3 atom stereocenters. The van der Waals surface area contributed by atoms with E-state index in [-0.39, 0.29) is 17.9 Å². The highest BCUT2D eigenvalue weighted by atomic mass is 16.1. The molecule has 16 heavy (non-hydrogen) atoms. The van der Waals surface area contributed by atoms with E-state index >= 15 is 0 Å². The Labute approximate surface area is 98.6 Å². The molecular weight excluding hydrogens is 202 g/mol. The van der Waals surface area contributed by atoms with Crippen LogP contribution in [0.4, 0.5) is 0 Å². The summed E-state index contributed by atoms with van der Waals surface area (Å²) in [7, 11) is 2.13. The lowest BCUT2D eigenvalue weighted by Gasteiger charge is -2.25. The van der Waals surface area contributed by atoms with E-state index in [1.165, 1.54) is 12.8 Å². The standard InChI is InChI=1S/C12H25N3O/c1-8(15(4)11-5-6-11)7-14-12(16)9(2)10(3)13/h8-11H,5-7,13H2,1-4H3,(H,14,16). The maximum atomic E-state index is 11.7. The Morgan fingerprint density at radius 2 is 2.00 bits per heavy atom. The van der Waals surface area contributed by atoms with Crippen LogP contribution >= 0.6 is 0 Å². The topological polar surface area (TPSA) is 58.4 Å². The predicted octanol–water partition coefficient (Wildman–Crippen LogP) is 0.569. The van der Waals surface area contributed by atoms with Gasteiger partial charge >= 0.3 is 0 Å². The minimum absolute atomic E-state index is 0.0612. The number of carbonyl (C=O) groups is 1. The second-order valence-electron chi connectivity index (χ2n) is 5.14. The van der Waals surface area contributed by atoms with E-state index in [4.69, 9.17) is 5.73 Å². The van der Waals surface area contributed by atoms with Crippen LogP contribution in [0.5, 0.6) is 0 Å². The summed E-state index contributed by atoms with van der Waals surface area (Å²) in [5.74, 6) is -0.0514. The number of hydrogen-bond donors (Lipinski definition) is 2. The fourth-order valence-corrected chi connectivity index (χ4v) is 1.63. The highest BCUT2D eigenvalue weighted by Crippen LogP contribution is 2.26. The molecule has 1 aliphatic carbocycles. The van der Waals surface area contributed by atoms with Crippen LogP contribution in [-0.4, -0.2) is 42.5 Å². The van der Waals surface area contributed by atoms with Gasteiger partial charge in [-0.15, -0.1) is 0 Å². The van der Waals surface area contributed by atoms with Gasteiger partial charge in [-0.05, 0) is 33.7 Å². The van der Waals surface area contributed by atoms with E-state index in [1.54, 1.807) is 0 Å². The van der Waals surface area contributed by atoms with Gasteiger partial charge in [0, 0.05) is 30.6 Å². The van der Waals surface area contributed by atoms with Gasteiger partial charge in [0.1, 0.15) is 0 Å². The number of rotatable bonds is 6. The first kappa shape index (κ1) is 13.5. The molecule has 3 unspecified atom stereocenters. The molecule has 0 saturated heterocycles. The molecule has 1 fully saturated rings. The van der Waals surface area contributed by atoms with Crippen molar-refractivity contribution in [1.82, 2.24) is 10.2 Å². The van der Waals surface area contributed by atoms with Gasteiger partial charge in [0.05, 0.1) is 0 Å². The number of nitrogens with two attached hydrogens (primary N) is 1. The molecule has 1 rings (SSSR count). The van der Waals surface area contributed by atoms with Crippen molar-refractivity contribution >= 4 is 5.91 Å². The lowest BCUT2D eigenvalue weighted by atomic mass is 10.0. The molecule has 0 radical (unpaired) electrons. The summed E-state index contributed by atoms with van der Waals surface area (Å²) in [6.45, 7) is 6.59. The molecule has 1 amide bonds. The maximum Gasteiger partial charge on any atom is 0.224 e. The molecule has 0 aliphatic heterocycles. The molecule has 4 nitrogen and oxygen atoms in total. The zero-order chi connectivity index (χ0) is 12.3. The molecule has 0 aromatic carbocycles. The van der Waals surface area contributed by atoms with Gasteiger partial charge in [0.2, 0.25) is 5.91 Å². The average molecular weight is 227 g/mol. The highest BCUT2D eigenvalue weighted by Gasteiger charge is 2.29. The Hall–Kier alpha value is -0.610. The predicted molar refractivity (Wildman–Crippen MR) is 66.1 cm³/mol. The van der Waals surface area contributed by atoms with Crippen molar-refractivity contribution < 1.29 is 4.79 Å². The molecule has 1 saturated carbocycles. The Kier molecular flexibility index (Phi) is 4.74. The summed E-state index contributed by atoms with van der Waals surface area (Å²) in [4.78, 5) is 14.0. The highest BCUT2D eigenvalue weighted by molar-refractivity contribution is 5.78. The van der Waals surface area contributed by atoms with E-state index in [0.29, 0.717) is 12.6 Å². The summed E-state index contributed by atoms with van der Waals surface area (Å²) < 4.78 is 0. The zero-order valence-electron chi connectivity index (χ0n) is 10.9. The van der Waals surface area contributed by atoms with Crippen LogP contribution in [0.25, 0.3) is 0 Å². The first-order valence-corrected chi connectivity index (χ1v) is 6.18. The van der Waals surface area contributed by atoms with Crippen LogP contribution in [0.15, 0.2) is 0 Å². The van der Waals surface area contributed by atoms with Crippen molar-refractivity contribution in [2.24, 2.45) is 11.7 Å². The van der Waals surface area contributed by atoms with Crippen LogP contribution in [0.3, 0.4) is 0 Å². The minimum atomic E-state index is -0.113. The Balaban J connectivity index is 2.25. The third-order valence-electron chi connectivity index (χ3n) is 3.59. The Morgan fingerprint density at radius 1 is 1.44 bits per heavy atom. The molecule has 4 heteroatoms. The van der Waals surface area contributed by atoms with E-state index in [0.717, 1.165) is 6.04 Å². The quantitative estimate of drug-likeness (QED) is 0.697. The summed E-state index contributed by atoms with van der Waals surface area (Å²) >= 11 is 0. The van der Waals surface area contributed by atoms with Crippen LogP contribution in [-0.2, 0) is 4.79 Å². The SMILES string of the molecule is CC(N)C(C)C(=O)NCC(C)N(C)C1CC1. The lowest BCUT2D eigenvalue weighted by Crippen LogP contribution is -2.45. The Bertz CT molecular complexity index is 238. The number of nitrogens with zero attached hydrogens (tertiary/aromatic N) is 1. The van der Waals surface area contributed by atoms with E-state index < -0.39 is 0 Å². The molecule has 0 aromatic rings. The van der Waals surface area contributed by atoms with Crippen molar-refractivity contribution in [2.45, 2.75) is 51.7 Å². The van der Waals surface area contributed by atoms with E-state index in [2.05, 4.69) is 24.2 Å². The molecule has 3 N–H and O–H groups in total. The number of amides is 1. The van der Waals surface area contributed by atoms with Gasteiger partial charge < -0.3 is 11.1 Å². The molecule has 0 bridgehead atoms. The maximum absolute atomic E-state index is 11.7. The molecule has 94 valence electrons. The smallest absolute Gasteiger partial charge is 0.224 e. The monoisotopic (exact) mass is 227 g/mol. The second kappa shape index (κ2) is 5.64. The fraction of sp³-hybridized carbons (Fsp3) is 0.917. The van der Waals surface area contributed by atoms with Crippen LogP contribution in [0, 0.1) is 5.92 Å².